The summed E-state index contributed by atoms with van der Waals surface area (Å²) in [5.74, 6) is 0.899. The maximum Gasteiger partial charge on any atom is 0.149 e. The molecule has 0 saturated heterocycles. The third-order valence-electron chi connectivity index (χ3n) is 1.62. The molecule has 0 amide bonds. The van der Waals surface area contributed by atoms with E-state index in [0.717, 1.165) is 0 Å². The zero-order valence-corrected chi connectivity index (χ0v) is 9.45. The van der Waals surface area contributed by atoms with Crippen molar-refractivity contribution < 1.29 is 8.42 Å². The van der Waals surface area contributed by atoms with Crippen molar-refractivity contribution in [3.8, 4) is 0 Å². The van der Waals surface area contributed by atoms with Crippen LogP contribution in [0.5, 0.6) is 0 Å². The van der Waals surface area contributed by atoms with E-state index in [2.05, 4.69) is 15.3 Å². The van der Waals surface area contributed by atoms with E-state index >= 15 is 0 Å². The van der Waals surface area contributed by atoms with Crippen molar-refractivity contribution in [3.63, 3.8) is 0 Å². The van der Waals surface area contributed by atoms with Crippen LogP contribution in [0.4, 0.5) is 11.6 Å². The van der Waals surface area contributed by atoms with E-state index in [1.54, 1.807) is 6.92 Å². The summed E-state index contributed by atoms with van der Waals surface area (Å²) >= 11 is 0. The van der Waals surface area contributed by atoms with E-state index in [0.29, 0.717) is 11.6 Å². The second kappa shape index (κ2) is 4.43. The van der Waals surface area contributed by atoms with Crippen LogP contribution < -0.4 is 11.1 Å². The van der Waals surface area contributed by atoms with Crippen LogP contribution in [0.2, 0.25) is 0 Å². The third-order valence-corrected chi connectivity index (χ3v) is 2.72. The molecule has 84 valence electrons. The molecular weight excluding hydrogens is 216 g/mol. The fourth-order valence-corrected chi connectivity index (χ4v) is 2.15. The van der Waals surface area contributed by atoms with Crippen LogP contribution in [0.3, 0.4) is 0 Å². The molecule has 0 radical (unpaired) electrons. The lowest BCUT2D eigenvalue weighted by atomic mass is 10.4. The number of hydrogen-bond acceptors (Lipinski definition) is 6. The largest absolute Gasteiger partial charge is 0.382 e. The summed E-state index contributed by atoms with van der Waals surface area (Å²) in [7, 11) is -2.99. The number of nitrogen functional groups attached to an aromatic ring is 1. The van der Waals surface area contributed by atoms with E-state index in [-0.39, 0.29) is 11.8 Å². The SMILES string of the molecule is CC(CS(C)(=O)=O)Nc1cnc(N)cn1. The van der Waals surface area contributed by atoms with Crippen LogP contribution >= 0.6 is 0 Å². The lowest BCUT2D eigenvalue weighted by Gasteiger charge is -2.12. The van der Waals surface area contributed by atoms with Gasteiger partial charge in [-0.25, -0.2) is 18.4 Å². The van der Waals surface area contributed by atoms with Crippen molar-refractivity contribution in [2.24, 2.45) is 0 Å². The highest BCUT2D eigenvalue weighted by atomic mass is 32.2. The Labute approximate surface area is 88.8 Å². The molecule has 6 nitrogen and oxygen atoms in total. The quantitative estimate of drug-likeness (QED) is 0.749. The molecule has 1 atom stereocenters. The van der Waals surface area contributed by atoms with Crippen LogP contribution in [0.25, 0.3) is 0 Å². The first-order chi connectivity index (χ1) is 6.87. The number of nitrogens with two attached hydrogens (primary N) is 1. The van der Waals surface area contributed by atoms with Crippen molar-refractivity contribution in [2.45, 2.75) is 13.0 Å². The molecule has 0 aromatic carbocycles. The van der Waals surface area contributed by atoms with Gasteiger partial charge in [0.15, 0.2) is 0 Å². The minimum absolute atomic E-state index is 0.0546. The van der Waals surface area contributed by atoms with Crippen molar-refractivity contribution in [3.05, 3.63) is 12.4 Å². The van der Waals surface area contributed by atoms with Crippen molar-refractivity contribution in [1.29, 1.82) is 0 Å². The molecule has 0 saturated carbocycles. The number of aromatic nitrogens is 2. The van der Waals surface area contributed by atoms with Crippen LogP contribution in [0.1, 0.15) is 6.92 Å². The highest BCUT2D eigenvalue weighted by Gasteiger charge is 2.10. The molecule has 1 aromatic heterocycles. The molecule has 0 aliphatic rings. The van der Waals surface area contributed by atoms with Gasteiger partial charge in [-0.3, -0.25) is 0 Å². The second-order valence-corrected chi connectivity index (χ2v) is 5.65. The fourth-order valence-electron chi connectivity index (χ4n) is 1.16. The predicted molar refractivity (Wildman–Crippen MR) is 59.2 cm³/mol. The maximum atomic E-state index is 11.0. The van der Waals surface area contributed by atoms with Gasteiger partial charge in [0.2, 0.25) is 0 Å². The summed E-state index contributed by atoms with van der Waals surface area (Å²) in [6.07, 6.45) is 4.07. The van der Waals surface area contributed by atoms with Crippen LogP contribution in [0.15, 0.2) is 12.4 Å². The minimum atomic E-state index is -2.99. The molecule has 0 aliphatic carbocycles. The normalized spacial score (nSPS) is 13.5. The number of sulfone groups is 1. The molecule has 0 fully saturated rings. The second-order valence-electron chi connectivity index (χ2n) is 3.46. The van der Waals surface area contributed by atoms with E-state index in [9.17, 15) is 8.42 Å². The number of nitrogens with zero attached hydrogens (tertiary/aromatic N) is 2. The van der Waals surface area contributed by atoms with Gasteiger partial charge in [-0.1, -0.05) is 0 Å². The topological polar surface area (TPSA) is 98.0 Å². The van der Waals surface area contributed by atoms with Crippen molar-refractivity contribution in [2.75, 3.05) is 23.1 Å². The summed E-state index contributed by atoms with van der Waals surface area (Å²) in [5, 5.41) is 2.92. The molecule has 1 heterocycles. The van der Waals surface area contributed by atoms with Gasteiger partial charge in [-0.05, 0) is 6.92 Å². The van der Waals surface area contributed by atoms with Crippen molar-refractivity contribution in [1.82, 2.24) is 9.97 Å². The molecule has 0 spiro atoms. The van der Waals surface area contributed by atoms with Gasteiger partial charge in [-0.15, -0.1) is 0 Å². The highest BCUT2D eigenvalue weighted by molar-refractivity contribution is 7.90. The Morgan fingerprint density at radius 1 is 1.47 bits per heavy atom. The number of nitrogens with one attached hydrogen (secondary N) is 1. The van der Waals surface area contributed by atoms with E-state index in [1.807, 2.05) is 0 Å². The van der Waals surface area contributed by atoms with Gasteiger partial charge in [0, 0.05) is 12.3 Å². The summed E-state index contributed by atoms with van der Waals surface area (Å²) in [5.41, 5.74) is 5.36. The molecule has 1 aromatic rings. The van der Waals surface area contributed by atoms with E-state index < -0.39 is 9.84 Å². The first-order valence-corrected chi connectivity index (χ1v) is 6.44. The van der Waals surface area contributed by atoms with Gasteiger partial charge < -0.3 is 11.1 Å². The first-order valence-electron chi connectivity index (χ1n) is 4.38. The zero-order chi connectivity index (χ0) is 11.5. The summed E-state index contributed by atoms with van der Waals surface area (Å²) in [4.78, 5) is 7.79. The number of rotatable bonds is 4. The van der Waals surface area contributed by atoms with Crippen LogP contribution in [0, 0.1) is 0 Å². The maximum absolute atomic E-state index is 11.0. The van der Waals surface area contributed by atoms with Crippen molar-refractivity contribution >= 4 is 21.5 Å². The van der Waals surface area contributed by atoms with E-state index in [4.69, 9.17) is 5.73 Å². The smallest absolute Gasteiger partial charge is 0.149 e. The highest BCUT2D eigenvalue weighted by Crippen LogP contribution is 2.04. The minimum Gasteiger partial charge on any atom is -0.382 e. The lowest BCUT2D eigenvalue weighted by Crippen LogP contribution is -2.25. The fraction of sp³-hybridized carbons (Fsp3) is 0.500. The Balaban J connectivity index is 2.59. The van der Waals surface area contributed by atoms with Gasteiger partial charge >= 0.3 is 0 Å². The average molecular weight is 230 g/mol. The Hall–Kier alpha value is -1.37. The molecule has 15 heavy (non-hydrogen) atoms. The Morgan fingerprint density at radius 3 is 2.60 bits per heavy atom. The molecule has 1 unspecified atom stereocenters. The molecule has 7 heteroatoms. The van der Waals surface area contributed by atoms with Gasteiger partial charge in [0.1, 0.15) is 21.5 Å². The molecule has 3 N–H and O–H groups in total. The Morgan fingerprint density at radius 2 is 2.13 bits per heavy atom. The van der Waals surface area contributed by atoms with Gasteiger partial charge in [0.25, 0.3) is 0 Å². The lowest BCUT2D eigenvalue weighted by molar-refractivity contribution is 0.598. The third kappa shape index (κ3) is 4.59. The first kappa shape index (κ1) is 11.7. The monoisotopic (exact) mass is 230 g/mol. The molecule has 0 aliphatic heterocycles. The average Bonchev–Trinajstić information content (AvgIpc) is 2.05. The molecule has 0 bridgehead atoms. The zero-order valence-electron chi connectivity index (χ0n) is 8.64. The van der Waals surface area contributed by atoms with Gasteiger partial charge in [0.05, 0.1) is 18.1 Å². The summed E-state index contributed by atoms with van der Waals surface area (Å²) in [6.45, 7) is 1.76. The molecular formula is C8H14N4O2S. The van der Waals surface area contributed by atoms with Crippen LogP contribution in [-0.2, 0) is 9.84 Å². The summed E-state index contributed by atoms with van der Waals surface area (Å²) < 4.78 is 22.0. The Bertz CT molecular complexity index is 415. The number of anilines is 2. The van der Waals surface area contributed by atoms with Crippen LogP contribution in [-0.4, -0.2) is 36.4 Å². The van der Waals surface area contributed by atoms with Gasteiger partial charge in [-0.2, -0.15) is 0 Å². The predicted octanol–water partition coefficient (Wildman–Crippen LogP) is -0.0962. The molecule has 1 rings (SSSR count). The Kier molecular flexibility index (Phi) is 3.46. The number of hydrogen-bond donors (Lipinski definition) is 2. The standard InChI is InChI=1S/C8H14N4O2S/c1-6(5-15(2,13)14)12-8-4-10-7(9)3-11-8/h3-4,6H,5H2,1-2H3,(H2,9,10)(H,11,12). The van der Waals surface area contributed by atoms with E-state index in [1.165, 1.54) is 18.6 Å². The summed E-state index contributed by atoms with van der Waals surface area (Å²) in [6, 6.07) is -0.210.